The second-order valence-corrected chi connectivity index (χ2v) is 6.87. The summed E-state index contributed by atoms with van der Waals surface area (Å²) >= 11 is 0. The van der Waals surface area contributed by atoms with Crippen molar-refractivity contribution in [2.45, 2.75) is 33.2 Å². The van der Waals surface area contributed by atoms with Gasteiger partial charge in [-0.05, 0) is 50.5 Å². The third-order valence-electron chi connectivity index (χ3n) is 4.53. The Labute approximate surface area is 159 Å². The van der Waals surface area contributed by atoms with Gasteiger partial charge in [0.05, 0.1) is 5.92 Å². The molecule has 2 aromatic rings. The molecule has 7 heteroatoms. The fourth-order valence-corrected chi connectivity index (χ4v) is 3.16. The lowest BCUT2D eigenvalue weighted by molar-refractivity contribution is -0.126. The minimum atomic E-state index is -0.169. The third-order valence-corrected chi connectivity index (χ3v) is 4.53. The summed E-state index contributed by atoms with van der Waals surface area (Å²) in [6.45, 7) is 5.47. The first-order valence-corrected chi connectivity index (χ1v) is 9.22. The van der Waals surface area contributed by atoms with Crippen LogP contribution in [0.3, 0.4) is 0 Å². The Morgan fingerprint density at radius 1 is 1.22 bits per heavy atom. The lowest BCUT2D eigenvalue weighted by Gasteiger charge is -2.22. The van der Waals surface area contributed by atoms with Crippen molar-refractivity contribution in [1.29, 1.82) is 0 Å². The molecule has 0 radical (unpaired) electrons. The van der Waals surface area contributed by atoms with Crippen molar-refractivity contribution >= 4 is 17.8 Å². The van der Waals surface area contributed by atoms with Crippen molar-refractivity contribution in [1.82, 2.24) is 20.6 Å². The van der Waals surface area contributed by atoms with Crippen molar-refractivity contribution in [3.63, 3.8) is 0 Å². The van der Waals surface area contributed by atoms with E-state index in [1.54, 1.807) is 6.07 Å². The largest absolute Gasteiger partial charge is 0.356 e. The van der Waals surface area contributed by atoms with Crippen molar-refractivity contribution in [3.05, 3.63) is 52.8 Å². The van der Waals surface area contributed by atoms with Gasteiger partial charge in [-0.2, -0.15) is 0 Å². The van der Waals surface area contributed by atoms with E-state index in [9.17, 15) is 9.59 Å². The van der Waals surface area contributed by atoms with Crippen LogP contribution in [0.1, 0.15) is 40.2 Å². The summed E-state index contributed by atoms with van der Waals surface area (Å²) in [5.74, 6) is 0.283. The number of carbonyl (C=O) groups excluding carboxylic acids is 2. The SMILES string of the molecule is Cc1cc(C)nc(NCc2cccc(C(=O)NCC3CCCNC3=O)c2)n1. The van der Waals surface area contributed by atoms with Crippen LogP contribution in [0.2, 0.25) is 0 Å². The van der Waals surface area contributed by atoms with Crippen molar-refractivity contribution in [2.75, 3.05) is 18.4 Å². The Bertz CT molecular complexity index is 817. The van der Waals surface area contributed by atoms with Gasteiger partial charge in [-0.3, -0.25) is 9.59 Å². The van der Waals surface area contributed by atoms with Gasteiger partial charge in [0.25, 0.3) is 5.91 Å². The van der Waals surface area contributed by atoms with E-state index in [-0.39, 0.29) is 17.7 Å². The van der Waals surface area contributed by atoms with E-state index in [2.05, 4.69) is 25.9 Å². The summed E-state index contributed by atoms with van der Waals surface area (Å²) in [6.07, 6.45) is 1.76. The highest BCUT2D eigenvalue weighted by Crippen LogP contribution is 2.12. The Morgan fingerprint density at radius 2 is 2.00 bits per heavy atom. The molecule has 3 rings (SSSR count). The fourth-order valence-electron chi connectivity index (χ4n) is 3.16. The number of amides is 2. The molecule has 1 aliphatic rings. The van der Waals surface area contributed by atoms with Crippen LogP contribution in [-0.2, 0) is 11.3 Å². The maximum absolute atomic E-state index is 12.4. The maximum Gasteiger partial charge on any atom is 0.251 e. The van der Waals surface area contributed by atoms with Crippen LogP contribution in [0.5, 0.6) is 0 Å². The predicted molar refractivity (Wildman–Crippen MR) is 103 cm³/mol. The smallest absolute Gasteiger partial charge is 0.251 e. The van der Waals surface area contributed by atoms with Crippen LogP contribution in [0, 0.1) is 19.8 Å². The van der Waals surface area contributed by atoms with Gasteiger partial charge < -0.3 is 16.0 Å². The predicted octanol–water partition coefficient (Wildman–Crippen LogP) is 1.96. The number of benzene rings is 1. The van der Waals surface area contributed by atoms with Gasteiger partial charge in [-0.1, -0.05) is 12.1 Å². The summed E-state index contributed by atoms with van der Waals surface area (Å²) in [6, 6.07) is 9.32. The molecule has 1 saturated heterocycles. The number of aryl methyl sites for hydroxylation is 2. The molecule has 0 spiro atoms. The Morgan fingerprint density at radius 3 is 2.74 bits per heavy atom. The Kier molecular flexibility index (Phi) is 6.01. The van der Waals surface area contributed by atoms with E-state index >= 15 is 0 Å². The standard InChI is InChI=1S/C20H25N5O2/c1-13-9-14(2)25-20(24-13)23-11-15-5-3-6-16(10-15)18(26)22-12-17-7-4-8-21-19(17)27/h3,5-6,9-10,17H,4,7-8,11-12H2,1-2H3,(H,21,27)(H,22,26)(H,23,24,25). The highest BCUT2D eigenvalue weighted by molar-refractivity contribution is 5.94. The molecule has 27 heavy (non-hydrogen) atoms. The second kappa shape index (κ2) is 8.62. The van der Waals surface area contributed by atoms with E-state index in [1.807, 2.05) is 38.1 Å². The van der Waals surface area contributed by atoms with Gasteiger partial charge >= 0.3 is 0 Å². The highest BCUT2D eigenvalue weighted by Gasteiger charge is 2.22. The Hall–Kier alpha value is -2.96. The lowest BCUT2D eigenvalue weighted by Crippen LogP contribution is -2.42. The number of hydrogen-bond donors (Lipinski definition) is 3. The zero-order valence-corrected chi connectivity index (χ0v) is 15.7. The second-order valence-electron chi connectivity index (χ2n) is 6.87. The molecule has 7 nitrogen and oxygen atoms in total. The van der Waals surface area contributed by atoms with Gasteiger partial charge in [0.1, 0.15) is 0 Å². The summed E-state index contributed by atoms with van der Waals surface area (Å²) in [5, 5.41) is 8.90. The molecule has 1 aromatic heterocycles. The monoisotopic (exact) mass is 367 g/mol. The summed E-state index contributed by atoms with van der Waals surface area (Å²) in [4.78, 5) is 32.9. The molecule has 1 atom stereocenters. The topological polar surface area (TPSA) is 96.0 Å². The molecule has 0 aliphatic carbocycles. The van der Waals surface area contributed by atoms with E-state index in [1.165, 1.54) is 0 Å². The number of carbonyl (C=O) groups is 2. The van der Waals surface area contributed by atoms with Crippen molar-refractivity contribution < 1.29 is 9.59 Å². The average molecular weight is 367 g/mol. The molecule has 1 aromatic carbocycles. The van der Waals surface area contributed by atoms with Gasteiger partial charge in [0, 0.05) is 36.6 Å². The van der Waals surface area contributed by atoms with Crippen LogP contribution in [0.15, 0.2) is 30.3 Å². The van der Waals surface area contributed by atoms with E-state index in [0.717, 1.165) is 36.3 Å². The Balaban J connectivity index is 1.57. The molecule has 0 bridgehead atoms. The fraction of sp³-hybridized carbons (Fsp3) is 0.400. The first-order valence-electron chi connectivity index (χ1n) is 9.22. The summed E-state index contributed by atoms with van der Waals surface area (Å²) in [7, 11) is 0. The minimum absolute atomic E-state index is 0.0212. The van der Waals surface area contributed by atoms with Crippen molar-refractivity contribution in [2.24, 2.45) is 5.92 Å². The number of nitrogens with one attached hydrogen (secondary N) is 3. The number of anilines is 1. The number of aromatic nitrogens is 2. The number of rotatable bonds is 6. The van der Waals surface area contributed by atoms with Gasteiger partial charge in [0.2, 0.25) is 11.9 Å². The van der Waals surface area contributed by atoms with E-state index in [4.69, 9.17) is 0 Å². The summed E-state index contributed by atoms with van der Waals surface area (Å²) < 4.78 is 0. The third kappa shape index (κ3) is 5.26. The molecule has 1 fully saturated rings. The maximum atomic E-state index is 12.4. The number of piperidine rings is 1. The lowest BCUT2D eigenvalue weighted by atomic mass is 9.98. The zero-order valence-electron chi connectivity index (χ0n) is 15.7. The van der Waals surface area contributed by atoms with E-state index < -0.39 is 0 Å². The van der Waals surface area contributed by atoms with Crippen LogP contribution < -0.4 is 16.0 Å². The molecule has 2 heterocycles. The van der Waals surface area contributed by atoms with Gasteiger partial charge in [-0.25, -0.2) is 9.97 Å². The van der Waals surface area contributed by atoms with Crippen molar-refractivity contribution in [3.8, 4) is 0 Å². The van der Waals surface area contributed by atoms with Crippen LogP contribution in [0.25, 0.3) is 0 Å². The molecular formula is C20H25N5O2. The first kappa shape index (κ1) is 18.8. The molecule has 142 valence electrons. The first-order chi connectivity index (χ1) is 13.0. The molecular weight excluding hydrogens is 342 g/mol. The van der Waals surface area contributed by atoms with Crippen LogP contribution in [-0.4, -0.2) is 34.9 Å². The zero-order chi connectivity index (χ0) is 19.2. The molecule has 1 aliphatic heterocycles. The molecule has 3 N–H and O–H groups in total. The summed E-state index contributed by atoms with van der Waals surface area (Å²) in [5.41, 5.74) is 3.35. The molecule has 2 amide bonds. The minimum Gasteiger partial charge on any atom is -0.356 e. The molecule has 0 saturated carbocycles. The molecule has 1 unspecified atom stereocenters. The van der Waals surface area contributed by atoms with Crippen LogP contribution >= 0.6 is 0 Å². The van der Waals surface area contributed by atoms with Crippen LogP contribution in [0.4, 0.5) is 5.95 Å². The van der Waals surface area contributed by atoms with E-state index in [0.29, 0.717) is 24.6 Å². The van der Waals surface area contributed by atoms with Gasteiger partial charge in [-0.15, -0.1) is 0 Å². The van der Waals surface area contributed by atoms with Gasteiger partial charge in [0.15, 0.2) is 0 Å². The number of hydrogen-bond acceptors (Lipinski definition) is 5. The average Bonchev–Trinajstić information content (AvgIpc) is 2.65. The highest BCUT2D eigenvalue weighted by atomic mass is 16.2. The number of nitrogens with zero attached hydrogens (tertiary/aromatic N) is 2. The normalized spacial score (nSPS) is 16.5. The quantitative estimate of drug-likeness (QED) is 0.725.